The molecule has 0 bridgehead atoms. The Labute approximate surface area is 142 Å². The fourth-order valence-electron chi connectivity index (χ4n) is 2.66. The summed E-state index contributed by atoms with van der Waals surface area (Å²) >= 11 is 0. The quantitative estimate of drug-likeness (QED) is 0.684. The van der Waals surface area contributed by atoms with Gasteiger partial charge in [-0.15, -0.1) is 0 Å². The summed E-state index contributed by atoms with van der Waals surface area (Å²) in [5.74, 6) is 0.283. The first kappa shape index (κ1) is 16.0. The van der Waals surface area contributed by atoms with Crippen molar-refractivity contribution in [3.05, 3.63) is 84.9 Å². The van der Waals surface area contributed by atoms with Crippen molar-refractivity contribution < 1.29 is 9.84 Å². The molecule has 0 heterocycles. The monoisotopic (exact) mass is 316 g/mol. The Kier molecular flexibility index (Phi) is 4.78. The Balaban J connectivity index is 1.80. The highest BCUT2D eigenvalue weighted by atomic mass is 16.5. The van der Waals surface area contributed by atoms with E-state index >= 15 is 0 Å². The molecule has 0 aliphatic heterocycles. The van der Waals surface area contributed by atoms with Crippen molar-refractivity contribution in [2.75, 3.05) is 13.7 Å². The number of methoxy groups -OCH3 is 1. The number of aromatic hydroxyl groups is 1. The molecular weight excluding hydrogens is 296 g/mol. The lowest BCUT2D eigenvalue weighted by Gasteiger charge is -2.08. The lowest BCUT2D eigenvalue weighted by atomic mass is 9.98. The lowest BCUT2D eigenvalue weighted by Crippen LogP contribution is -1.92. The summed E-state index contributed by atoms with van der Waals surface area (Å²) < 4.78 is 5.12. The molecule has 120 valence electrons. The molecule has 0 atom stereocenters. The van der Waals surface area contributed by atoms with Crippen LogP contribution in [0.2, 0.25) is 0 Å². The number of phenolic OH excluding ortho intramolecular Hbond substituents is 1. The minimum Gasteiger partial charge on any atom is -0.508 e. The molecular formula is C22H20O2. The second-order valence-corrected chi connectivity index (χ2v) is 5.74. The van der Waals surface area contributed by atoms with E-state index in [2.05, 4.69) is 55.1 Å². The molecule has 0 saturated heterocycles. The van der Waals surface area contributed by atoms with Crippen LogP contribution in [0.3, 0.4) is 0 Å². The van der Waals surface area contributed by atoms with Gasteiger partial charge >= 0.3 is 0 Å². The molecule has 3 aromatic carbocycles. The van der Waals surface area contributed by atoms with Gasteiger partial charge in [0, 0.05) is 7.11 Å². The molecule has 2 nitrogen and oxygen atoms in total. The zero-order valence-corrected chi connectivity index (χ0v) is 13.7. The minimum atomic E-state index is 0.283. The standard InChI is InChI=1S/C22H20O2/c1-16(15-24-2)17-3-5-18(6-4-17)19-7-9-20(10-8-19)21-11-13-22(23)14-12-21/h3-14,23H,1,15H2,2H3. The number of benzene rings is 3. The molecule has 0 saturated carbocycles. The molecule has 0 amide bonds. The van der Waals surface area contributed by atoms with Crippen LogP contribution in [0.15, 0.2) is 79.4 Å². The van der Waals surface area contributed by atoms with E-state index in [-0.39, 0.29) is 5.75 Å². The number of hydrogen-bond donors (Lipinski definition) is 1. The molecule has 2 heteroatoms. The molecule has 1 N–H and O–H groups in total. The second kappa shape index (κ2) is 7.16. The number of phenols is 1. The van der Waals surface area contributed by atoms with Gasteiger partial charge in [-0.25, -0.2) is 0 Å². The van der Waals surface area contributed by atoms with Gasteiger partial charge < -0.3 is 9.84 Å². The summed E-state index contributed by atoms with van der Waals surface area (Å²) in [5, 5.41) is 9.38. The largest absolute Gasteiger partial charge is 0.508 e. The van der Waals surface area contributed by atoms with Crippen LogP contribution in [0.1, 0.15) is 5.56 Å². The van der Waals surface area contributed by atoms with Gasteiger partial charge in [0.2, 0.25) is 0 Å². The highest BCUT2D eigenvalue weighted by molar-refractivity contribution is 5.73. The van der Waals surface area contributed by atoms with E-state index in [9.17, 15) is 5.11 Å². The van der Waals surface area contributed by atoms with Crippen LogP contribution in [-0.2, 0) is 4.74 Å². The van der Waals surface area contributed by atoms with Gasteiger partial charge in [-0.1, -0.05) is 67.2 Å². The van der Waals surface area contributed by atoms with Crippen LogP contribution in [0.4, 0.5) is 0 Å². The van der Waals surface area contributed by atoms with E-state index in [1.54, 1.807) is 19.2 Å². The first-order valence-electron chi connectivity index (χ1n) is 7.84. The van der Waals surface area contributed by atoms with E-state index in [0.29, 0.717) is 6.61 Å². The minimum absolute atomic E-state index is 0.283. The van der Waals surface area contributed by atoms with Gasteiger partial charge in [-0.3, -0.25) is 0 Å². The van der Waals surface area contributed by atoms with Crippen molar-refractivity contribution in [1.29, 1.82) is 0 Å². The van der Waals surface area contributed by atoms with Crippen LogP contribution in [-0.4, -0.2) is 18.8 Å². The average molecular weight is 316 g/mol. The smallest absolute Gasteiger partial charge is 0.115 e. The highest BCUT2D eigenvalue weighted by Gasteiger charge is 2.03. The topological polar surface area (TPSA) is 29.5 Å². The van der Waals surface area contributed by atoms with E-state index in [4.69, 9.17) is 4.74 Å². The predicted octanol–water partition coefficient (Wildman–Crippen LogP) is 5.39. The van der Waals surface area contributed by atoms with Crippen LogP contribution in [0.5, 0.6) is 5.75 Å². The number of hydrogen-bond acceptors (Lipinski definition) is 2. The maximum absolute atomic E-state index is 9.38. The van der Waals surface area contributed by atoms with Crippen molar-refractivity contribution in [2.45, 2.75) is 0 Å². The SMILES string of the molecule is C=C(COC)c1ccc(-c2ccc(-c3ccc(O)cc3)cc2)cc1. The van der Waals surface area contributed by atoms with Gasteiger partial charge in [0.15, 0.2) is 0 Å². The van der Waals surface area contributed by atoms with E-state index in [1.165, 1.54) is 11.1 Å². The van der Waals surface area contributed by atoms with Crippen LogP contribution < -0.4 is 0 Å². The third-order valence-corrected chi connectivity index (χ3v) is 4.03. The summed E-state index contributed by atoms with van der Waals surface area (Å²) in [6, 6.07) is 24.0. The first-order chi connectivity index (χ1) is 11.7. The van der Waals surface area contributed by atoms with Crippen molar-refractivity contribution in [3.63, 3.8) is 0 Å². The molecule has 0 unspecified atom stereocenters. The van der Waals surface area contributed by atoms with Gasteiger partial charge in [0.05, 0.1) is 6.61 Å². The Morgan fingerprint density at radius 3 is 1.54 bits per heavy atom. The van der Waals surface area contributed by atoms with Crippen LogP contribution >= 0.6 is 0 Å². The van der Waals surface area contributed by atoms with Crippen molar-refractivity contribution in [2.24, 2.45) is 0 Å². The Bertz CT molecular complexity index is 813. The molecule has 24 heavy (non-hydrogen) atoms. The van der Waals surface area contributed by atoms with Gasteiger partial charge in [-0.2, -0.15) is 0 Å². The Hall–Kier alpha value is -2.84. The molecule has 3 rings (SSSR count). The van der Waals surface area contributed by atoms with E-state index < -0.39 is 0 Å². The van der Waals surface area contributed by atoms with Crippen molar-refractivity contribution in [1.82, 2.24) is 0 Å². The second-order valence-electron chi connectivity index (χ2n) is 5.74. The Morgan fingerprint density at radius 2 is 1.12 bits per heavy atom. The van der Waals surface area contributed by atoms with Crippen LogP contribution in [0, 0.1) is 0 Å². The molecule has 0 aliphatic rings. The molecule has 0 aromatic heterocycles. The fourth-order valence-corrected chi connectivity index (χ4v) is 2.66. The van der Waals surface area contributed by atoms with Gasteiger partial charge in [0.25, 0.3) is 0 Å². The van der Waals surface area contributed by atoms with Crippen molar-refractivity contribution >= 4 is 5.57 Å². The molecule has 0 aliphatic carbocycles. The number of ether oxygens (including phenoxy) is 1. The fraction of sp³-hybridized carbons (Fsp3) is 0.0909. The highest BCUT2D eigenvalue weighted by Crippen LogP contribution is 2.27. The average Bonchev–Trinajstić information content (AvgIpc) is 2.63. The zero-order chi connectivity index (χ0) is 16.9. The molecule has 3 aromatic rings. The predicted molar refractivity (Wildman–Crippen MR) is 99.9 cm³/mol. The molecule has 0 spiro atoms. The summed E-state index contributed by atoms with van der Waals surface area (Å²) in [6.07, 6.45) is 0. The third kappa shape index (κ3) is 3.55. The molecule has 0 radical (unpaired) electrons. The summed E-state index contributed by atoms with van der Waals surface area (Å²) in [7, 11) is 1.68. The van der Waals surface area contributed by atoms with Gasteiger partial charge in [-0.05, 0) is 45.5 Å². The number of rotatable bonds is 5. The van der Waals surface area contributed by atoms with E-state index in [1.807, 2.05) is 12.1 Å². The summed E-state index contributed by atoms with van der Waals surface area (Å²) in [5.41, 5.74) is 6.63. The third-order valence-electron chi connectivity index (χ3n) is 4.03. The summed E-state index contributed by atoms with van der Waals surface area (Å²) in [4.78, 5) is 0. The first-order valence-corrected chi connectivity index (χ1v) is 7.84. The summed E-state index contributed by atoms with van der Waals surface area (Å²) in [6.45, 7) is 4.57. The Morgan fingerprint density at radius 1 is 0.750 bits per heavy atom. The molecule has 0 fully saturated rings. The van der Waals surface area contributed by atoms with Crippen molar-refractivity contribution in [3.8, 4) is 28.0 Å². The maximum Gasteiger partial charge on any atom is 0.115 e. The normalized spacial score (nSPS) is 10.5. The van der Waals surface area contributed by atoms with E-state index in [0.717, 1.165) is 22.3 Å². The lowest BCUT2D eigenvalue weighted by molar-refractivity contribution is 0.240. The maximum atomic E-state index is 9.38. The van der Waals surface area contributed by atoms with Gasteiger partial charge in [0.1, 0.15) is 5.75 Å². The van der Waals surface area contributed by atoms with Crippen LogP contribution in [0.25, 0.3) is 27.8 Å². The zero-order valence-electron chi connectivity index (χ0n) is 13.7.